The Hall–Kier alpha value is -3.42. The molecular formula is C30H42N4O4. The molecule has 8 nitrogen and oxygen atoms in total. The lowest BCUT2D eigenvalue weighted by atomic mass is 9.87. The first kappa shape index (κ1) is 29.1. The summed E-state index contributed by atoms with van der Waals surface area (Å²) in [6.45, 7) is 8.63. The van der Waals surface area contributed by atoms with E-state index in [2.05, 4.69) is 41.8 Å². The second-order valence-electron chi connectivity index (χ2n) is 10.1. The number of hydrogen-bond donors (Lipinski definition) is 1. The third-order valence-electron chi connectivity index (χ3n) is 7.43. The molecule has 8 heteroatoms. The minimum atomic E-state index is -0.403. The van der Waals surface area contributed by atoms with E-state index in [0.29, 0.717) is 19.3 Å². The summed E-state index contributed by atoms with van der Waals surface area (Å²) >= 11 is 0. The largest absolute Gasteiger partial charge is 0.465 e. The number of unbranched alkanes of at least 4 members (excludes halogenated alkanes) is 2. The van der Waals surface area contributed by atoms with Crippen molar-refractivity contribution in [2.24, 2.45) is 18.9 Å². The number of aromatic nitrogens is 4. The minimum absolute atomic E-state index is 0.121. The van der Waals surface area contributed by atoms with Crippen molar-refractivity contribution < 1.29 is 19.1 Å². The lowest BCUT2D eigenvalue weighted by molar-refractivity contribution is -0.156. The molecule has 0 bridgehead atoms. The predicted molar refractivity (Wildman–Crippen MR) is 146 cm³/mol. The number of ether oxygens (including phenoxy) is 2. The average Bonchev–Trinajstić information content (AvgIpc) is 3.59. The summed E-state index contributed by atoms with van der Waals surface area (Å²) in [5.41, 5.74) is 5.17. The molecule has 0 aliphatic rings. The first-order valence-electron chi connectivity index (χ1n) is 13.7. The van der Waals surface area contributed by atoms with E-state index >= 15 is 0 Å². The number of aryl methyl sites for hydroxylation is 1. The SMILES string of the molecule is CCCCCC(=O)OCC(Cc1cncn1C)C(CC)C(=O)OCc1cccc([C@H](C)c2c[nH]cn2)c1C. The molecule has 2 unspecified atom stereocenters. The first-order chi connectivity index (χ1) is 18.3. The van der Waals surface area contributed by atoms with Crippen LogP contribution in [0.15, 0.2) is 43.2 Å². The highest BCUT2D eigenvalue weighted by Gasteiger charge is 2.30. The number of rotatable bonds is 15. The third kappa shape index (κ3) is 7.79. The van der Waals surface area contributed by atoms with Gasteiger partial charge in [0.15, 0.2) is 0 Å². The molecule has 0 spiro atoms. The van der Waals surface area contributed by atoms with Gasteiger partial charge < -0.3 is 19.0 Å². The Kier molecular flexibility index (Phi) is 11.1. The highest BCUT2D eigenvalue weighted by atomic mass is 16.5. The Balaban J connectivity index is 1.69. The third-order valence-corrected chi connectivity index (χ3v) is 7.43. The van der Waals surface area contributed by atoms with E-state index in [1.54, 1.807) is 18.9 Å². The maximum atomic E-state index is 13.4. The van der Waals surface area contributed by atoms with Gasteiger partial charge >= 0.3 is 11.9 Å². The van der Waals surface area contributed by atoms with Gasteiger partial charge in [0, 0.05) is 43.4 Å². The van der Waals surface area contributed by atoms with Crippen LogP contribution in [0.3, 0.4) is 0 Å². The van der Waals surface area contributed by atoms with Gasteiger partial charge in [0.25, 0.3) is 0 Å². The number of benzene rings is 1. The summed E-state index contributed by atoms with van der Waals surface area (Å²) in [6.07, 6.45) is 11.5. The molecule has 3 atom stereocenters. The fraction of sp³-hybridized carbons (Fsp3) is 0.533. The number of imidazole rings is 2. The van der Waals surface area contributed by atoms with Crippen molar-refractivity contribution in [2.75, 3.05) is 6.61 Å². The second-order valence-corrected chi connectivity index (χ2v) is 10.1. The normalized spacial score (nSPS) is 13.6. The highest BCUT2D eigenvalue weighted by molar-refractivity contribution is 5.73. The molecule has 3 rings (SSSR count). The molecule has 2 heterocycles. The molecule has 0 radical (unpaired) electrons. The summed E-state index contributed by atoms with van der Waals surface area (Å²) in [6, 6.07) is 6.08. The van der Waals surface area contributed by atoms with Gasteiger partial charge in [0.1, 0.15) is 6.61 Å². The molecule has 1 N–H and O–H groups in total. The van der Waals surface area contributed by atoms with Gasteiger partial charge in [-0.05, 0) is 42.9 Å². The van der Waals surface area contributed by atoms with Crippen LogP contribution in [0.1, 0.15) is 86.9 Å². The van der Waals surface area contributed by atoms with Crippen LogP contribution in [-0.4, -0.2) is 38.1 Å². The van der Waals surface area contributed by atoms with Crippen molar-refractivity contribution in [3.05, 3.63) is 71.3 Å². The number of carbonyl (C=O) groups is 2. The Bertz CT molecular complexity index is 1150. The van der Waals surface area contributed by atoms with Crippen LogP contribution >= 0.6 is 0 Å². The molecule has 0 aliphatic carbocycles. The Morgan fingerprint density at radius 2 is 1.97 bits per heavy atom. The van der Waals surface area contributed by atoms with Crippen molar-refractivity contribution >= 4 is 11.9 Å². The van der Waals surface area contributed by atoms with Gasteiger partial charge in [0.05, 0.1) is 30.9 Å². The molecular weight excluding hydrogens is 480 g/mol. The second kappa shape index (κ2) is 14.5. The number of H-pyrrole nitrogens is 1. The van der Waals surface area contributed by atoms with Gasteiger partial charge in [-0.15, -0.1) is 0 Å². The van der Waals surface area contributed by atoms with Gasteiger partial charge in [-0.2, -0.15) is 0 Å². The molecule has 0 amide bonds. The van der Waals surface area contributed by atoms with Gasteiger partial charge in [0.2, 0.25) is 0 Å². The fourth-order valence-electron chi connectivity index (χ4n) is 4.90. The smallest absolute Gasteiger partial charge is 0.309 e. The van der Waals surface area contributed by atoms with Crippen molar-refractivity contribution in [1.29, 1.82) is 0 Å². The summed E-state index contributed by atoms with van der Waals surface area (Å²) < 4.78 is 13.5. The van der Waals surface area contributed by atoms with Crippen LogP contribution in [-0.2, 0) is 39.1 Å². The van der Waals surface area contributed by atoms with E-state index in [0.717, 1.165) is 47.3 Å². The van der Waals surface area contributed by atoms with E-state index in [-0.39, 0.29) is 37.0 Å². The van der Waals surface area contributed by atoms with Crippen LogP contribution < -0.4 is 0 Å². The van der Waals surface area contributed by atoms with Crippen LogP contribution in [0, 0.1) is 18.8 Å². The predicted octanol–water partition coefficient (Wildman–Crippen LogP) is 5.66. The Morgan fingerprint density at radius 1 is 1.16 bits per heavy atom. The molecule has 2 aromatic heterocycles. The fourth-order valence-corrected chi connectivity index (χ4v) is 4.90. The molecule has 206 valence electrons. The summed E-state index contributed by atoms with van der Waals surface area (Å²) in [7, 11) is 1.93. The minimum Gasteiger partial charge on any atom is -0.465 e. The molecule has 1 aromatic carbocycles. The van der Waals surface area contributed by atoms with Crippen molar-refractivity contribution in [1.82, 2.24) is 19.5 Å². The molecule has 38 heavy (non-hydrogen) atoms. The number of esters is 2. The van der Waals surface area contributed by atoms with E-state index in [4.69, 9.17) is 9.47 Å². The first-order valence-corrected chi connectivity index (χ1v) is 13.7. The van der Waals surface area contributed by atoms with E-state index < -0.39 is 5.92 Å². The Labute approximate surface area is 226 Å². The van der Waals surface area contributed by atoms with Gasteiger partial charge in [-0.1, -0.05) is 51.8 Å². The van der Waals surface area contributed by atoms with Gasteiger partial charge in [-0.3, -0.25) is 9.59 Å². The molecule has 0 saturated heterocycles. The summed E-state index contributed by atoms with van der Waals surface area (Å²) in [4.78, 5) is 37.3. The van der Waals surface area contributed by atoms with E-state index in [9.17, 15) is 9.59 Å². The lowest BCUT2D eigenvalue weighted by Crippen LogP contribution is -2.31. The standard InChI is InChI=1S/C30H42N4O4/c1-6-8-9-13-29(35)37-18-24(14-25-15-32-20-34(25)5)26(7-2)30(36)38-17-23-11-10-12-27(21(23)3)22(4)28-16-31-19-33-28/h10-12,15-16,19-20,22,24,26H,6-9,13-14,17-18H2,1-5H3,(H,31,33)/t22-,24?,26?/m0/s1. The number of aromatic amines is 1. The molecule has 0 saturated carbocycles. The number of nitrogens with one attached hydrogen (secondary N) is 1. The number of hydrogen-bond acceptors (Lipinski definition) is 6. The van der Waals surface area contributed by atoms with Gasteiger partial charge in [-0.25, -0.2) is 9.97 Å². The van der Waals surface area contributed by atoms with E-state index in [1.165, 1.54) is 0 Å². The number of carbonyl (C=O) groups excluding carboxylic acids is 2. The molecule has 0 aliphatic heterocycles. The summed E-state index contributed by atoms with van der Waals surface area (Å²) in [5.74, 6) is -0.970. The zero-order valence-corrected chi connectivity index (χ0v) is 23.4. The summed E-state index contributed by atoms with van der Waals surface area (Å²) in [5, 5.41) is 0. The van der Waals surface area contributed by atoms with Crippen LogP contribution in [0.2, 0.25) is 0 Å². The molecule has 3 aromatic rings. The monoisotopic (exact) mass is 522 g/mol. The van der Waals surface area contributed by atoms with Crippen molar-refractivity contribution in [3.8, 4) is 0 Å². The zero-order valence-electron chi connectivity index (χ0n) is 23.4. The Morgan fingerprint density at radius 3 is 2.63 bits per heavy atom. The maximum Gasteiger partial charge on any atom is 0.309 e. The van der Waals surface area contributed by atoms with E-state index in [1.807, 2.05) is 36.9 Å². The maximum absolute atomic E-state index is 13.4. The lowest BCUT2D eigenvalue weighted by Gasteiger charge is -2.25. The zero-order chi connectivity index (χ0) is 27.5. The molecule has 0 fully saturated rings. The average molecular weight is 523 g/mol. The number of nitrogens with zero attached hydrogens (tertiary/aromatic N) is 3. The highest BCUT2D eigenvalue weighted by Crippen LogP contribution is 2.28. The quantitative estimate of drug-likeness (QED) is 0.204. The van der Waals surface area contributed by atoms with Crippen LogP contribution in [0.25, 0.3) is 0 Å². The van der Waals surface area contributed by atoms with Crippen molar-refractivity contribution in [2.45, 2.75) is 78.7 Å². The van der Waals surface area contributed by atoms with Crippen molar-refractivity contribution in [3.63, 3.8) is 0 Å². The van der Waals surface area contributed by atoms with Crippen LogP contribution in [0.5, 0.6) is 0 Å². The topological polar surface area (TPSA) is 99.1 Å². The van der Waals surface area contributed by atoms with Crippen LogP contribution in [0.4, 0.5) is 0 Å².